The first-order chi connectivity index (χ1) is 14.8. The summed E-state index contributed by atoms with van der Waals surface area (Å²) in [5.41, 5.74) is 1.46. The molecule has 1 aliphatic rings. The zero-order chi connectivity index (χ0) is 22.6. The normalized spacial score (nSPS) is 14.3. The van der Waals surface area contributed by atoms with Crippen molar-refractivity contribution in [1.29, 1.82) is 0 Å². The molecule has 1 heterocycles. The molecule has 1 saturated heterocycles. The molecule has 3 rings (SSSR count). The molecule has 168 valence electrons. The molecule has 1 fully saturated rings. The monoisotopic (exact) mass is 447 g/mol. The highest BCUT2D eigenvalue weighted by Crippen LogP contribution is 2.29. The van der Waals surface area contributed by atoms with Crippen LogP contribution in [0.15, 0.2) is 47.4 Å². The Labute approximate surface area is 184 Å². The van der Waals surface area contributed by atoms with E-state index in [-0.39, 0.29) is 23.2 Å². The van der Waals surface area contributed by atoms with Crippen molar-refractivity contribution in [2.75, 3.05) is 38.1 Å². The molecule has 0 radical (unpaired) electrons. The molecule has 0 aliphatic carbocycles. The highest BCUT2D eigenvalue weighted by molar-refractivity contribution is 7.89. The maximum Gasteiger partial charge on any atom is 0.256 e. The van der Waals surface area contributed by atoms with Gasteiger partial charge in [-0.05, 0) is 37.1 Å². The van der Waals surface area contributed by atoms with E-state index in [1.807, 2.05) is 0 Å². The first-order valence-electron chi connectivity index (χ1n) is 10.7. The topological polar surface area (TPSA) is 60.9 Å². The second-order valence-corrected chi connectivity index (χ2v) is 9.65. The lowest BCUT2D eigenvalue weighted by Gasteiger charge is -2.26. The molecule has 0 atom stereocenters. The first-order valence-corrected chi connectivity index (χ1v) is 12.1. The van der Waals surface area contributed by atoms with E-state index in [9.17, 15) is 17.6 Å². The lowest BCUT2D eigenvalue weighted by molar-refractivity contribution is 0.0784. The van der Waals surface area contributed by atoms with Gasteiger partial charge in [0, 0.05) is 51.0 Å². The fourth-order valence-corrected chi connectivity index (χ4v) is 5.44. The van der Waals surface area contributed by atoms with Crippen LogP contribution in [0.5, 0.6) is 0 Å². The van der Waals surface area contributed by atoms with E-state index in [2.05, 4.69) is 4.90 Å². The van der Waals surface area contributed by atoms with Crippen LogP contribution in [0.4, 0.5) is 10.1 Å². The Morgan fingerprint density at radius 3 is 2.32 bits per heavy atom. The summed E-state index contributed by atoms with van der Waals surface area (Å²) in [6.45, 7) is 6.00. The summed E-state index contributed by atoms with van der Waals surface area (Å²) in [5, 5.41) is 0. The van der Waals surface area contributed by atoms with Crippen LogP contribution in [0.2, 0.25) is 0 Å². The molecule has 0 saturated carbocycles. The molecule has 0 spiro atoms. The Bertz CT molecular complexity index is 1030. The lowest BCUT2D eigenvalue weighted by Crippen LogP contribution is -2.32. The number of halogens is 1. The number of sulfonamides is 1. The SMILES string of the molecule is CCN(CC)S(=O)(=O)c1ccc(N2CCCC2)c(C(=O)N(C)Cc2ccccc2F)c1. The third-order valence-electron chi connectivity index (χ3n) is 5.70. The highest BCUT2D eigenvalue weighted by atomic mass is 32.2. The van der Waals surface area contributed by atoms with Crippen LogP contribution in [-0.2, 0) is 16.6 Å². The second-order valence-electron chi connectivity index (χ2n) is 7.72. The van der Waals surface area contributed by atoms with E-state index in [0.717, 1.165) is 31.6 Å². The number of rotatable bonds is 8. The fraction of sp³-hybridized carbons (Fsp3) is 0.435. The van der Waals surface area contributed by atoms with Gasteiger partial charge in [-0.25, -0.2) is 12.8 Å². The van der Waals surface area contributed by atoms with Crippen LogP contribution in [0.25, 0.3) is 0 Å². The van der Waals surface area contributed by atoms with Crippen molar-refractivity contribution in [1.82, 2.24) is 9.21 Å². The van der Waals surface area contributed by atoms with Gasteiger partial charge in [-0.1, -0.05) is 32.0 Å². The van der Waals surface area contributed by atoms with Crippen LogP contribution in [0.3, 0.4) is 0 Å². The van der Waals surface area contributed by atoms with Crippen molar-refractivity contribution < 1.29 is 17.6 Å². The Balaban J connectivity index is 2.00. The quantitative estimate of drug-likeness (QED) is 0.619. The van der Waals surface area contributed by atoms with Crippen molar-refractivity contribution in [3.05, 3.63) is 59.4 Å². The van der Waals surface area contributed by atoms with Gasteiger partial charge in [-0.3, -0.25) is 4.79 Å². The molecule has 6 nitrogen and oxygen atoms in total. The Morgan fingerprint density at radius 1 is 1.06 bits per heavy atom. The summed E-state index contributed by atoms with van der Waals surface area (Å²) in [5.74, 6) is -0.707. The number of nitrogens with zero attached hydrogens (tertiary/aromatic N) is 3. The van der Waals surface area contributed by atoms with Gasteiger partial charge < -0.3 is 9.80 Å². The molecule has 1 amide bonds. The number of benzene rings is 2. The number of carbonyl (C=O) groups excluding carboxylic acids is 1. The van der Waals surface area contributed by atoms with Gasteiger partial charge in [0.2, 0.25) is 10.0 Å². The van der Waals surface area contributed by atoms with Gasteiger partial charge >= 0.3 is 0 Å². The Kier molecular flexibility index (Phi) is 7.33. The summed E-state index contributed by atoms with van der Waals surface area (Å²) in [6, 6.07) is 11.1. The highest BCUT2D eigenvalue weighted by Gasteiger charge is 2.27. The second kappa shape index (κ2) is 9.78. The molecule has 0 aromatic heterocycles. The van der Waals surface area contributed by atoms with E-state index in [4.69, 9.17) is 0 Å². The van der Waals surface area contributed by atoms with E-state index in [0.29, 0.717) is 24.2 Å². The zero-order valence-corrected chi connectivity index (χ0v) is 19.2. The van der Waals surface area contributed by atoms with Crippen LogP contribution >= 0.6 is 0 Å². The van der Waals surface area contributed by atoms with Gasteiger partial charge in [0.25, 0.3) is 5.91 Å². The fourth-order valence-electron chi connectivity index (χ4n) is 3.95. The van der Waals surface area contributed by atoms with E-state index in [1.54, 1.807) is 51.2 Å². The summed E-state index contributed by atoms with van der Waals surface area (Å²) in [4.78, 5) is 17.0. The van der Waals surface area contributed by atoms with Gasteiger partial charge in [-0.2, -0.15) is 4.31 Å². The summed E-state index contributed by atoms with van der Waals surface area (Å²) >= 11 is 0. The molecule has 0 N–H and O–H groups in total. The first kappa shape index (κ1) is 23.2. The van der Waals surface area contributed by atoms with Gasteiger partial charge in [-0.15, -0.1) is 0 Å². The van der Waals surface area contributed by atoms with Gasteiger partial charge in [0.05, 0.1) is 10.5 Å². The number of carbonyl (C=O) groups is 1. The average Bonchev–Trinajstić information content (AvgIpc) is 3.29. The van der Waals surface area contributed by atoms with E-state index in [1.165, 1.54) is 21.3 Å². The minimum absolute atomic E-state index is 0.0952. The summed E-state index contributed by atoms with van der Waals surface area (Å²) < 4.78 is 41.6. The smallest absolute Gasteiger partial charge is 0.256 e. The van der Waals surface area contributed by atoms with Crippen molar-refractivity contribution in [2.24, 2.45) is 0 Å². The molecule has 2 aromatic carbocycles. The third kappa shape index (κ3) is 4.91. The number of amides is 1. The van der Waals surface area contributed by atoms with E-state index >= 15 is 0 Å². The number of hydrogen-bond donors (Lipinski definition) is 0. The molecule has 2 aromatic rings. The molecular formula is C23H30FN3O3S. The van der Waals surface area contributed by atoms with Crippen LogP contribution in [0.1, 0.15) is 42.6 Å². The minimum atomic E-state index is -3.70. The maximum absolute atomic E-state index is 14.1. The predicted molar refractivity (Wildman–Crippen MR) is 120 cm³/mol. The molecule has 31 heavy (non-hydrogen) atoms. The maximum atomic E-state index is 14.1. The lowest BCUT2D eigenvalue weighted by atomic mass is 10.1. The number of hydrogen-bond acceptors (Lipinski definition) is 4. The van der Waals surface area contributed by atoms with Crippen LogP contribution in [0, 0.1) is 5.82 Å². The summed E-state index contributed by atoms with van der Waals surface area (Å²) in [6.07, 6.45) is 2.05. The zero-order valence-electron chi connectivity index (χ0n) is 18.3. The largest absolute Gasteiger partial charge is 0.371 e. The van der Waals surface area contributed by atoms with Crippen LogP contribution < -0.4 is 4.90 Å². The average molecular weight is 448 g/mol. The van der Waals surface area contributed by atoms with Gasteiger partial charge in [0.15, 0.2) is 0 Å². The summed E-state index contributed by atoms with van der Waals surface area (Å²) in [7, 11) is -2.10. The standard InChI is InChI=1S/C23H30FN3O3S/c1-4-27(5-2)31(29,30)19-12-13-22(26-14-8-9-15-26)20(16-19)23(28)25(3)17-18-10-6-7-11-21(18)24/h6-7,10-13,16H,4-5,8-9,14-15,17H2,1-3H3. The Morgan fingerprint density at radius 2 is 1.71 bits per heavy atom. The van der Waals surface area contributed by atoms with Crippen molar-refractivity contribution in [2.45, 2.75) is 38.1 Å². The van der Waals surface area contributed by atoms with Crippen LogP contribution in [-0.4, -0.2) is 56.8 Å². The van der Waals surface area contributed by atoms with Gasteiger partial charge in [0.1, 0.15) is 5.82 Å². The van der Waals surface area contributed by atoms with Crippen molar-refractivity contribution >= 4 is 21.6 Å². The molecule has 8 heteroatoms. The molecule has 1 aliphatic heterocycles. The third-order valence-corrected chi connectivity index (χ3v) is 7.75. The minimum Gasteiger partial charge on any atom is -0.371 e. The van der Waals surface area contributed by atoms with Crippen molar-refractivity contribution in [3.8, 4) is 0 Å². The molecular weight excluding hydrogens is 417 g/mol. The molecule has 0 unspecified atom stereocenters. The van der Waals surface area contributed by atoms with Crippen molar-refractivity contribution in [3.63, 3.8) is 0 Å². The molecule has 0 bridgehead atoms. The predicted octanol–water partition coefficient (Wildman–Crippen LogP) is 3.73. The number of anilines is 1. The Hall–Kier alpha value is -2.45. The van der Waals surface area contributed by atoms with E-state index < -0.39 is 10.0 Å².